The lowest BCUT2D eigenvalue weighted by atomic mass is 10.1. The van der Waals surface area contributed by atoms with E-state index >= 15 is 0 Å². The van der Waals surface area contributed by atoms with Crippen LogP contribution in [0.15, 0.2) is 23.1 Å². The minimum absolute atomic E-state index is 0.0388. The Morgan fingerprint density at radius 1 is 1.35 bits per heavy atom. The largest absolute Gasteiger partial charge is 0.393 e. The average Bonchev–Trinajstić information content (AvgIpc) is 2.38. The summed E-state index contributed by atoms with van der Waals surface area (Å²) in [7, 11) is -3.75. The maximum absolute atomic E-state index is 12.5. The molecule has 0 aromatic heterocycles. The summed E-state index contributed by atoms with van der Waals surface area (Å²) in [4.78, 5) is 10.3. The molecule has 7 nitrogen and oxygen atoms in total. The van der Waals surface area contributed by atoms with Crippen molar-refractivity contribution in [3.63, 3.8) is 0 Å². The highest BCUT2D eigenvalue weighted by Crippen LogP contribution is 2.28. The topological polar surface area (TPSA) is 101 Å². The van der Waals surface area contributed by atoms with Crippen molar-refractivity contribution in [2.24, 2.45) is 0 Å². The molecular weight excluding hydrogens is 284 g/mol. The van der Waals surface area contributed by atoms with Crippen molar-refractivity contribution >= 4 is 15.7 Å². The van der Waals surface area contributed by atoms with E-state index in [-0.39, 0.29) is 29.2 Å². The van der Waals surface area contributed by atoms with Crippen molar-refractivity contribution in [2.75, 3.05) is 13.1 Å². The van der Waals surface area contributed by atoms with Crippen molar-refractivity contribution < 1.29 is 18.4 Å². The summed E-state index contributed by atoms with van der Waals surface area (Å²) in [6.45, 7) is 1.89. The summed E-state index contributed by atoms with van der Waals surface area (Å²) in [5.74, 6) is 0. The highest BCUT2D eigenvalue weighted by Gasteiger charge is 2.31. The number of hydrogen-bond acceptors (Lipinski definition) is 5. The third-order valence-electron chi connectivity index (χ3n) is 3.49. The van der Waals surface area contributed by atoms with Gasteiger partial charge in [-0.15, -0.1) is 0 Å². The van der Waals surface area contributed by atoms with E-state index in [1.54, 1.807) is 0 Å². The fraction of sp³-hybridized carbons (Fsp3) is 0.500. The first-order valence-electron chi connectivity index (χ1n) is 6.26. The summed E-state index contributed by atoms with van der Waals surface area (Å²) in [6, 6.07) is 4.04. The van der Waals surface area contributed by atoms with Gasteiger partial charge in [0, 0.05) is 24.7 Å². The number of hydrogen-bond donors (Lipinski definition) is 1. The van der Waals surface area contributed by atoms with Crippen LogP contribution in [0.5, 0.6) is 0 Å². The highest BCUT2D eigenvalue weighted by atomic mass is 32.2. The van der Waals surface area contributed by atoms with Gasteiger partial charge in [0.2, 0.25) is 10.0 Å². The van der Waals surface area contributed by atoms with E-state index in [9.17, 15) is 23.6 Å². The van der Waals surface area contributed by atoms with Crippen molar-refractivity contribution in [3.8, 4) is 0 Å². The predicted octanol–water partition coefficient (Wildman–Crippen LogP) is 1.05. The van der Waals surface area contributed by atoms with Crippen molar-refractivity contribution in [3.05, 3.63) is 33.9 Å². The number of rotatable bonds is 3. The maximum Gasteiger partial charge on any atom is 0.273 e. The summed E-state index contributed by atoms with van der Waals surface area (Å²) < 4.78 is 26.3. The molecule has 1 heterocycles. The second-order valence-electron chi connectivity index (χ2n) is 4.79. The van der Waals surface area contributed by atoms with E-state index in [1.807, 2.05) is 0 Å². The van der Waals surface area contributed by atoms with Crippen LogP contribution < -0.4 is 0 Å². The number of sulfonamides is 1. The Bertz CT molecular complexity index is 621. The Hall–Kier alpha value is -1.51. The molecule has 2 rings (SSSR count). The minimum Gasteiger partial charge on any atom is -0.393 e. The Balaban J connectivity index is 2.40. The van der Waals surface area contributed by atoms with E-state index in [2.05, 4.69) is 0 Å². The van der Waals surface area contributed by atoms with Gasteiger partial charge >= 0.3 is 0 Å². The zero-order valence-corrected chi connectivity index (χ0v) is 11.8. The van der Waals surface area contributed by atoms with Crippen molar-refractivity contribution in [2.45, 2.75) is 30.8 Å². The predicted molar refractivity (Wildman–Crippen MR) is 71.8 cm³/mol. The molecule has 0 spiro atoms. The molecule has 20 heavy (non-hydrogen) atoms. The summed E-state index contributed by atoms with van der Waals surface area (Å²) in [5.41, 5.74) is -0.0632. The second kappa shape index (κ2) is 5.47. The maximum atomic E-state index is 12.5. The molecule has 110 valence electrons. The van der Waals surface area contributed by atoms with Crippen LogP contribution in [-0.4, -0.2) is 41.9 Å². The molecule has 0 bridgehead atoms. The molecule has 1 aromatic carbocycles. The van der Waals surface area contributed by atoms with Gasteiger partial charge in [-0.05, 0) is 25.8 Å². The molecule has 1 N–H and O–H groups in total. The van der Waals surface area contributed by atoms with Gasteiger partial charge in [-0.1, -0.05) is 6.07 Å². The van der Waals surface area contributed by atoms with Crippen LogP contribution in [0.3, 0.4) is 0 Å². The van der Waals surface area contributed by atoms with E-state index in [1.165, 1.54) is 29.4 Å². The molecule has 1 aliphatic rings. The third-order valence-corrected chi connectivity index (χ3v) is 5.54. The van der Waals surface area contributed by atoms with Gasteiger partial charge in [0.1, 0.15) is 0 Å². The van der Waals surface area contributed by atoms with Crippen molar-refractivity contribution in [1.29, 1.82) is 0 Å². The Morgan fingerprint density at radius 2 is 1.95 bits per heavy atom. The van der Waals surface area contributed by atoms with Gasteiger partial charge in [-0.25, -0.2) is 8.42 Å². The first-order chi connectivity index (χ1) is 9.34. The zero-order valence-electron chi connectivity index (χ0n) is 11.0. The molecule has 0 radical (unpaired) electrons. The number of nitro groups is 1. The van der Waals surface area contributed by atoms with Crippen LogP contribution in [0.25, 0.3) is 0 Å². The lowest BCUT2D eigenvalue weighted by molar-refractivity contribution is -0.385. The third kappa shape index (κ3) is 2.67. The standard InChI is InChI=1S/C12H16N2O5S/c1-9-11(14(16)17)3-2-4-12(9)20(18,19)13-7-5-10(15)6-8-13/h2-4,10,15H,5-8H2,1H3. The summed E-state index contributed by atoms with van der Waals surface area (Å²) >= 11 is 0. The van der Waals surface area contributed by atoms with Gasteiger partial charge in [-0.3, -0.25) is 10.1 Å². The lowest BCUT2D eigenvalue weighted by Crippen LogP contribution is -2.40. The molecule has 1 aromatic rings. The molecular formula is C12H16N2O5S. The first-order valence-corrected chi connectivity index (χ1v) is 7.70. The van der Waals surface area contributed by atoms with E-state index in [0.717, 1.165) is 0 Å². The Kier molecular flexibility index (Phi) is 4.07. The Labute approximate surface area is 117 Å². The molecule has 0 amide bonds. The lowest BCUT2D eigenvalue weighted by Gasteiger charge is -2.29. The quantitative estimate of drug-likeness (QED) is 0.664. The SMILES string of the molecule is Cc1c([N+](=O)[O-])cccc1S(=O)(=O)N1CCC(O)CC1. The number of nitrogens with zero attached hydrogens (tertiary/aromatic N) is 2. The molecule has 0 unspecified atom stereocenters. The van der Waals surface area contributed by atoms with E-state index in [4.69, 9.17) is 0 Å². The van der Waals surface area contributed by atoms with Crippen LogP contribution in [-0.2, 0) is 10.0 Å². The number of nitro benzene ring substituents is 1. The molecule has 1 saturated heterocycles. The van der Waals surface area contributed by atoms with Crippen LogP contribution in [0.1, 0.15) is 18.4 Å². The average molecular weight is 300 g/mol. The van der Waals surface area contributed by atoms with Crippen LogP contribution in [0, 0.1) is 17.0 Å². The fourth-order valence-electron chi connectivity index (χ4n) is 2.30. The first kappa shape index (κ1) is 14.9. The summed E-state index contributed by atoms with van der Waals surface area (Å²) in [6.07, 6.45) is 0.285. The molecule has 8 heteroatoms. The molecule has 1 aliphatic heterocycles. The summed E-state index contributed by atoms with van der Waals surface area (Å²) in [5, 5.41) is 20.3. The number of aliphatic hydroxyl groups excluding tert-OH is 1. The second-order valence-corrected chi connectivity index (χ2v) is 6.70. The van der Waals surface area contributed by atoms with E-state index < -0.39 is 21.1 Å². The van der Waals surface area contributed by atoms with Gasteiger partial charge in [0.25, 0.3) is 5.69 Å². The monoisotopic (exact) mass is 300 g/mol. The number of piperidine rings is 1. The smallest absolute Gasteiger partial charge is 0.273 e. The van der Waals surface area contributed by atoms with Crippen LogP contribution in [0.4, 0.5) is 5.69 Å². The van der Waals surface area contributed by atoms with Crippen LogP contribution in [0.2, 0.25) is 0 Å². The zero-order chi connectivity index (χ0) is 14.9. The van der Waals surface area contributed by atoms with E-state index in [0.29, 0.717) is 12.8 Å². The number of aliphatic hydroxyl groups is 1. The van der Waals surface area contributed by atoms with Gasteiger partial charge < -0.3 is 5.11 Å². The normalized spacial score (nSPS) is 18.1. The van der Waals surface area contributed by atoms with Crippen LogP contribution >= 0.6 is 0 Å². The van der Waals surface area contributed by atoms with Crippen molar-refractivity contribution in [1.82, 2.24) is 4.31 Å². The molecule has 0 atom stereocenters. The highest BCUT2D eigenvalue weighted by molar-refractivity contribution is 7.89. The molecule has 0 aliphatic carbocycles. The Morgan fingerprint density at radius 3 is 2.50 bits per heavy atom. The van der Waals surface area contributed by atoms with Gasteiger partial charge in [0.15, 0.2) is 0 Å². The number of benzene rings is 1. The molecule has 1 fully saturated rings. The fourth-order valence-corrected chi connectivity index (χ4v) is 4.01. The van der Waals surface area contributed by atoms with Gasteiger partial charge in [-0.2, -0.15) is 4.31 Å². The minimum atomic E-state index is -3.75. The van der Waals surface area contributed by atoms with Gasteiger partial charge in [0.05, 0.1) is 15.9 Å². The molecule has 0 saturated carbocycles.